The van der Waals surface area contributed by atoms with Crippen LogP contribution < -0.4 is 9.64 Å². The minimum absolute atomic E-state index is 0.0346. The highest BCUT2D eigenvalue weighted by molar-refractivity contribution is 5.96. The number of aromatic nitrogens is 4. The van der Waals surface area contributed by atoms with Crippen LogP contribution in [-0.4, -0.2) is 38.1 Å². The SMILES string of the molecule is CC1CN(C(=O)Cc2nc3ncccn3n2)c2ccc(F)cc2O1. The zero-order chi connectivity index (χ0) is 16.7. The molecule has 0 saturated heterocycles. The number of rotatable bonds is 2. The lowest BCUT2D eigenvalue weighted by molar-refractivity contribution is -0.118. The summed E-state index contributed by atoms with van der Waals surface area (Å²) in [6.07, 6.45) is 3.15. The van der Waals surface area contributed by atoms with Crippen molar-refractivity contribution in [3.63, 3.8) is 0 Å². The molecule has 122 valence electrons. The van der Waals surface area contributed by atoms with Gasteiger partial charge in [-0.1, -0.05) is 0 Å². The lowest BCUT2D eigenvalue weighted by atomic mass is 10.1. The van der Waals surface area contributed by atoms with Crippen molar-refractivity contribution in [1.29, 1.82) is 0 Å². The van der Waals surface area contributed by atoms with Gasteiger partial charge in [0.15, 0.2) is 5.82 Å². The van der Waals surface area contributed by atoms with E-state index in [9.17, 15) is 9.18 Å². The van der Waals surface area contributed by atoms with E-state index in [1.165, 1.54) is 16.6 Å². The molecule has 1 atom stereocenters. The molecule has 0 radical (unpaired) electrons. The van der Waals surface area contributed by atoms with Crippen LogP contribution in [0.1, 0.15) is 12.7 Å². The van der Waals surface area contributed by atoms with Gasteiger partial charge in [-0.25, -0.2) is 13.9 Å². The molecule has 4 rings (SSSR count). The van der Waals surface area contributed by atoms with E-state index in [1.54, 1.807) is 29.4 Å². The number of nitrogens with zero attached hydrogens (tertiary/aromatic N) is 5. The molecule has 2 aromatic heterocycles. The fourth-order valence-electron chi connectivity index (χ4n) is 2.73. The number of carbonyl (C=O) groups is 1. The van der Waals surface area contributed by atoms with Crippen molar-refractivity contribution in [3.8, 4) is 5.75 Å². The van der Waals surface area contributed by atoms with Crippen LogP contribution in [-0.2, 0) is 11.2 Å². The number of carbonyl (C=O) groups excluding carboxylic acids is 1. The Morgan fingerprint density at radius 1 is 1.46 bits per heavy atom. The summed E-state index contributed by atoms with van der Waals surface area (Å²) in [7, 11) is 0. The first-order valence-electron chi connectivity index (χ1n) is 7.53. The molecule has 0 bridgehead atoms. The van der Waals surface area contributed by atoms with Crippen LogP contribution in [0.5, 0.6) is 5.75 Å². The summed E-state index contributed by atoms with van der Waals surface area (Å²) in [6.45, 7) is 2.23. The van der Waals surface area contributed by atoms with E-state index in [-0.39, 0.29) is 18.4 Å². The van der Waals surface area contributed by atoms with Crippen molar-refractivity contribution < 1.29 is 13.9 Å². The first kappa shape index (κ1) is 14.6. The van der Waals surface area contributed by atoms with Crippen LogP contribution in [0, 0.1) is 5.82 Å². The van der Waals surface area contributed by atoms with Crippen LogP contribution >= 0.6 is 0 Å². The van der Waals surface area contributed by atoms with Gasteiger partial charge in [-0.3, -0.25) is 4.79 Å². The maximum Gasteiger partial charge on any atom is 0.252 e. The molecule has 0 spiro atoms. The van der Waals surface area contributed by atoms with Crippen LogP contribution in [0.15, 0.2) is 36.7 Å². The summed E-state index contributed by atoms with van der Waals surface area (Å²) in [4.78, 5) is 22.6. The third kappa shape index (κ3) is 2.55. The molecule has 1 unspecified atom stereocenters. The first-order valence-corrected chi connectivity index (χ1v) is 7.53. The molecule has 1 amide bonds. The molecule has 3 heterocycles. The monoisotopic (exact) mass is 327 g/mol. The summed E-state index contributed by atoms with van der Waals surface area (Å²) < 4.78 is 20.5. The van der Waals surface area contributed by atoms with Gasteiger partial charge in [-0.2, -0.15) is 4.98 Å². The second-order valence-corrected chi connectivity index (χ2v) is 5.61. The number of hydrogen-bond donors (Lipinski definition) is 0. The van der Waals surface area contributed by atoms with Crippen LogP contribution in [0.4, 0.5) is 10.1 Å². The Balaban J connectivity index is 1.62. The van der Waals surface area contributed by atoms with Crippen molar-refractivity contribution in [3.05, 3.63) is 48.3 Å². The Bertz CT molecular complexity index is 893. The Morgan fingerprint density at radius 2 is 2.33 bits per heavy atom. The summed E-state index contributed by atoms with van der Waals surface area (Å²) in [5.41, 5.74) is 0.557. The zero-order valence-corrected chi connectivity index (χ0v) is 12.9. The van der Waals surface area contributed by atoms with Crippen molar-refractivity contribution in [2.24, 2.45) is 0 Å². The highest BCUT2D eigenvalue weighted by Gasteiger charge is 2.28. The Kier molecular flexibility index (Phi) is 3.37. The molecule has 24 heavy (non-hydrogen) atoms. The molecule has 8 heteroatoms. The van der Waals surface area contributed by atoms with E-state index < -0.39 is 5.82 Å². The Morgan fingerprint density at radius 3 is 3.17 bits per heavy atom. The van der Waals surface area contributed by atoms with Crippen LogP contribution in [0.2, 0.25) is 0 Å². The van der Waals surface area contributed by atoms with E-state index >= 15 is 0 Å². The first-order chi connectivity index (χ1) is 11.6. The molecule has 1 aromatic carbocycles. The van der Waals surface area contributed by atoms with Crippen LogP contribution in [0.25, 0.3) is 5.78 Å². The molecular weight excluding hydrogens is 313 g/mol. The van der Waals surface area contributed by atoms with Crippen LogP contribution in [0.3, 0.4) is 0 Å². The van der Waals surface area contributed by atoms with Gasteiger partial charge < -0.3 is 9.64 Å². The molecule has 3 aromatic rings. The number of benzene rings is 1. The fourth-order valence-corrected chi connectivity index (χ4v) is 2.73. The van der Waals surface area contributed by atoms with Gasteiger partial charge in [-0.15, -0.1) is 5.10 Å². The number of ether oxygens (including phenoxy) is 1. The van der Waals surface area contributed by atoms with Gasteiger partial charge in [0.2, 0.25) is 5.91 Å². The smallest absolute Gasteiger partial charge is 0.252 e. The van der Waals surface area contributed by atoms with E-state index in [4.69, 9.17) is 4.74 Å². The lowest BCUT2D eigenvalue weighted by Crippen LogP contribution is -2.43. The predicted octanol–water partition coefficient (Wildman–Crippen LogP) is 1.62. The number of hydrogen-bond acceptors (Lipinski definition) is 5. The molecule has 0 N–H and O–H groups in total. The highest BCUT2D eigenvalue weighted by Crippen LogP contribution is 2.34. The maximum absolute atomic E-state index is 13.4. The molecule has 0 fully saturated rings. The molecule has 0 aliphatic carbocycles. The summed E-state index contributed by atoms with van der Waals surface area (Å²) in [6, 6.07) is 5.89. The van der Waals surface area contributed by atoms with E-state index in [0.717, 1.165) is 0 Å². The highest BCUT2D eigenvalue weighted by atomic mass is 19.1. The quantitative estimate of drug-likeness (QED) is 0.715. The van der Waals surface area contributed by atoms with Gasteiger partial charge in [0, 0.05) is 18.5 Å². The number of amides is 1. The summed E-state index contributed by atoms with van der Waals surface area (Å²) >= 11 is 0. The van der Waals surface area contributed by atoms with Crippen molar-refractivity contribution in [2.45, 2.75) is 19.4 Å². The lowest BCUT2D eigenvalue weighted by Gasteiger charge is -2.33. The Hall–Kier alpha value is -3.03. The minimum Gasteiger partial charge on any atom is -0.487 e. The topological polar surface area (TPSA) is 72.6 Å². The summed E-state index contributed by atoms with van der Waals surface area (Å²) in [5.74, 6) is 0.628. The third-order valence-corrected chi connectivity index (χ3v) is 3.75. The second-order valence-electron chi connectivity index (χ2n) is 5.61. The van der Waals surface area contributed by atoms with Gasteiger partial charge >= 0.3 is 0 Å². The van der Waals surface area contributed by atoms with Gasteiger partial charge in [0.25, 0.3) is 5.78 Å². The second kappa shape index (κ2) is 5.55. The average Bonchev–Trinajstić information content (AvgIpc) is 2.95. The van der Waals surface area contributed by atoms with Gasteiger partial charge in [0.1, 0.15) is 17.7 Å². The number of fused-ring (bicyclic) bond motifs is 2. The average molecular weight is 327 g/mol. The number of anilines is 1. The Labute approximate surface area is 136 Å². The molecular formula is C16H14FN5O2. The van der Waals surface area contributed by atoms with Crippen molar-refractivity contribution in [1.82, 2.24) is 19.6 Å². The predicted molar refractivity (Wildman–Crippen MR) is 83.3 cm³/mol. The normalized spacial score (nSPS) is 16.8. The standard InChI is InChI=1S/C16H14FN5O2/c1-10-9-21(12-4-3-11(17)7-13(12)24-10)15(23)8-14-19-16-18-5-2-6-22(16)20-14/h2-7,10H,8-9H2,1H3. The molecule has 7 nitrogen and oxygen atoms in total. The fraction of sp³-hybridized carbons (Fsp3) is 0.250. The molecule has 1 aliphatic rings. The van der Waals surface area contributed by atoms with Gasteiger partial charge in [-0.05, 0) is 25.1 Å². The van der Waals surface area contributed by atoms with E-state index in [2.05, 4.69) is 15.1 Å². The third-order valence-electron chi connectivity index (χ3n) is 3.75. The van der Waals surface area contributed by atoms with E-state index in [1.807, 2.05) is 6.92 Å². The van der Waals surface area contributed by atoms with Crippen molar-refractivity contribution >= 4 is 17.4 Å². The van der Waals surface area contributed by atoms with E-state index in [0.29, 0.717) is 29.6 Å². The van der Waals surface area contributed by atoms with Gasteiger partial charge in [0.05, 0.1) is 18.7 Å². The molecule has 1 aliphatic heterocycles. The minimum atomic E-state index is -0.400. The maximum atomic E-state index is 13.4. The number of halogens is 1. The van der Waals surface area contributed by atoms with Crippen molar-refractivity contribution in [2.75, 3.05) is 11.4 Å². The molecule has 0 saturated carbocycles. The zero-order valence-electron chi connectivity index (χ0n) is 12.9. The largest absolute Gasteiger partial charge is 0.487 e. The summed E-state index contributed by atoms with van der Waals surface area (Å²) in [5, 5.41) is 4.24.